The van der Waals surface area contributed by atoms with Crippen molar-refractivity contribution in [1.29, 1.82) is 0 Å². The SMILES string of the molecule is C=CC(C)Nc1cc(OC)ccc1Br. The molecule has 0 aromatic heterocycles. The third-order valence-corrected chi connectivity index (χ3v) is 2.60. The van der Waals surface area contributed by atoms with E-state index in [4.69, 9.17) is 4.74 Å². The summed E-state index contributed by atoms with van der Waals surface area (Å²) in [6, 6.07) is 6.05. The zero-order chi connectivity index (χ0) is 10.6. The highest BCUT2D eigenvalue weighted by Gasteiger charge is 2.03. The number of nitrogens with one attached hydrogen (secondary N) is 1. The Morgan fingerprint density at radius 1 is 1.57 bits per heavy atom. The maximum atomic E-state index is 5.14. The summed E-state index contributed by atoms with van der Waals surface area (Å²) >= 11 is 3.46. The predicted molar refractivity (Wildman–Crippen MR) is 64.0 cm³/mol. The molecule has 1 rings (SSSR count). The number of methoxy groups -OCH3 is 1. The van der Waals surface area contributed by atoms with E-state index in [1.54, 1.807) is 7.11 Å². The molecule has 0 aliphatic heterocycles. The average Bonchev–Trinajstić information content (AvgIpc) is 2.21. The third-order valence-electron chi connectivity index (χ3n) is 1.91. The van der Waals surface area contributed by atoms with E-state index >= 15 is 0 Å². The zero-order valence-electron chi connectivity index (χ0n) is 8.38. The van der Waals surface area contributed by atoms with Crippen molar-refractivity contribution in [2.75, 3.05) is 12.4 Å². The largest absolute Gasteiger partial charge is 0.497 e. The maximum absolute atomic E-state index is 5.14. The Balaban J connectivity index is 2.88. The summed E-state index contributed by atoms with van der Waals surface area (Å²) in [5.41, 5.74) is 1.01. The molecule has 0 bridgehead atoms. The molecule has 0 aliphatic carbocycles. The lowest BCUT2D eigenvalue weighted by Gasteiger charge is -2.13. The van der Waals surface area contributed by atoms with E-state index in [1.165, 1.54) is 0 Å². The lowest BCUT2D eigenvalue weighted by atomic mass is 10.2. The van der Waals surface area contributed by atoms with Crippen LogP contribution in [0, 0.1) is 0 Å². The van der Waals surface area contributed by atoms with E-state index < -0.39 is 0 Å². The fourth-order valence-corrected chi connectivity index (χ4v) is 1.41. The Bertz CT molecular complexity index is 325. The molecule has 1 unspecified atom stereocenters. The van der Waals surface area contributed by atoms with Crippen LogP contribution in [0.5, 0.6) is 5.75 Å². The van der Waals surface area contributed by atoms with Crippen LogP contribution in [-0.2, 0) is 0 Å². The van der Waals surface area contributed by atoms with Crippen molar-refractivity contribution in [3.05, 3.63) is 35.3 Å². The predicted octanol–water partition coefficient (Wildman–Crippen LogP) is 3.44. The number of rotatable bonds is 4. The molecule has 0 amide bonds. The van der Waals surface area contributed by atoms with Crippen molar-refractivity contribution in [2.24, 2.45) is 0 Å². The summed E-state index contributed by atoms with van der Waals surface area (Å²) in [5.74, 6) is 0.840. The van der Waals surface area contributed by atoms with Gasteiger partial charge in [0, 0.05) is 16.6 Å². The molecule has 0 saturated carbocycles. The van der Waals surface area contributed by atoms with Gasteiger partial charge in [0.05, 0.1) is 12.8 Å². The Morgan fingerprint density at radius 2 is 2.29 bits per heavy atom. The van der Waals surface area contributed by atoms with Gasteiger partial charge in [0.1, 0.15) is 5.75 Å². The van der Waals surface area contributed by atoms with E-state index in [-0.39, 0.29) is 6.04 Å². The summed E-state index contributed by atoms with van der Waals surface area (Å²) in [4.78, 5) is 0. The fraction of sp³-hybridized carbons (Fsp3) is 0.273. The van der Waals surface area contributed by atoms with Crippen molar-refractivity contribution in [1.82, 2.24) is 0 Å². The van der Waals surface area contributed by atoms with E-state index in [2.05, 4.69) is 27.8 Å². The number of benzene rings is 1. The number of ether oxygens (including phenoxy) is 1. The van der Waals surface area contributed by atoms with Gasteiger partial charge in [0.25, 0.3) is 0 Å². The minimum Gasteiger partial charge on any atom is -0.497 e. The number of hydrogen-bond acceptors (Lipinski definition) is 2. The van der Waals surface area contributed by atoms with Gasteiger partial charge in [-0.3, -0.25) is 0 Å². The smallest absolute Gasteiger partial charge is 0.121 e. The minimum absolute atomic E-state index is 0.235. The second-order valence-corrected chi connectivity index (χ2v) is 3.87. The van der Waals surface area contributed by atoms with Gasteiger partial charge in [0.2, 0.25) is 0 Å². The number of halogens is 1. The molecule has 1 aromatic rings. The molecule has 0 saturated heterocycles. The minimum atomic E-state index is 0.235. The second kappa shape index (κ2) is 5.05. The number of hydrogen-bond donors (Lipinski definition) is 1. The Labute approximate surface area is 93.1 Å². The Hall–Kier alpha value is -0.960. The average molecular weight is 256 g/mol. The Morgan fingerprint density at radius 3 is 2.86 bits per heavy atom. The van der Waals surface area contributed by atoms with E-state index in [1.807, 2.05) is 31.2 Å². The molecular formula is C11H14BrNO. The van der Waals surface area contributed by atoms with Crippen LogP contribution in [0.1, 0.15) is 6.92 Å². The van der Waals surface area contributed by atoms with Crippen LogP contribution in [-0.4, -0.2) is 13.2 Å². The normalized spacial score (nSPS) is 11.9. The first kappa shape index (κ1) is 11.1. The summed E-state index contributed by atoms with van der Waals surface area (Å²) < 4.78 is 6.16. The lowest BCUT2D eigenvalue weighted by Crippen LogP contribution is -2.11. The van der Waals surface area contributed by atoms with Gasteiger partial charge < -0.3 is 10.1 Å². The van der Waals surface area contributed by atoms with Gasteiger partial charge in [-0.05, 0) is 35.0 Å². The summed E-state index contributed by atoms with van der Waals surface area (Å²) in [6.45, 7) is 5.76. The van der Waals surface area contributed by atoms with Crippen LogP contribution in [0.15, 0.2) is 35.3 Å². The molecule has 14 heavy (non-hydrogen) atoms. The van der Waals surface area contributed by atoms with Gasteiger partial charge >= 0.3 is 0 Å². The van der Waals surface area contributed by atoms with Gasteiger partial charge in [-0.15, -0.1) is 6.58 Å². The summed E-state index contributed by atoms with van der Waals surface area (Å²) in [6.07, 6.45) is 1.85. The van der Waals surface area contributed by atoms with Crippen molar-refractivity contribution in [3.8, 4) is 5.75 Å². The highest BCUT2D eigenvalue weighted by molar-refractivity contribution is 9.10. The maximum Gasteiger partial charge on any atom is 0.121 e. The molecule has 0 aliphatic rings. The van der Waals surface area contributed by atoms with Gasteiger partial charge in [0.15, 0.2) is 0 Å². The molecule has 3 heteroatoms. The molecule has 76 valence electrons. The van der Waals surface area contributed by atoms with Crippen LogP contribution in [0.25, 0.3) is 0 Å². The zero-order valence-corrected chi connectivity index (χ0v) is 9.97. The van der Waals surface area contributed by atoms with E-state index in [9.17, 15) is 0 Å². The lowest BCUT2D eigenvalue weighted by molar-refractivity contribution is 0.415. The highest BCUT2D eigenvalue weighted by Crippen LogP contribution is 2.27. The first-order chi connectivity index (χ1) is 6.67. The van der Waals surface area contributed by atoms with E-state index in [0.29, 0.717) is 0 Å². The molecule has 0 spiro atoms. The highest BCUT2D eigenvalue weighted by atomic mass is 79.9. The monoisotopic (exact) mass is 255 g/mol. The van der Waals surface area contributed by atoms with Crippen molar-refractivity contribution >= 4 is 21.6 Å². The summed E-state index contributed by atoms with van der Waals surface area (Å²) in [7, 11) is 1.66. The molecule has 0 fully saturated rings. The first-order valence-electron chi connectivity index (χ1n) is 4.40. The molecule has 0 heterocycles. The van der Waals surface area contributed by atoms with E-state index in [0.717, 1.165) is 15.9 Å². The van der Waals surface area contributed by atoms with Crippen molar-refractivity contribution in [3.63, 3.8) is 0 Å². The fourth-order valence-electron chi connectivity index (χ4n) is 1.05. The Kier molecular flexibility index (Phi) is 4.01. The first-order valence-corrected chi connectivity index (χ1v) is 5.19. The van der Waals surface area contributed by atoms with Crippen LogP contribution in [0.2, 0.25) is 0 Å². The van der Waals surface area contributed by atoms with Gasteiger partial charge in [-0.25, -0.2) is 0 Å². The van der Waals surface area contributed by atoms with Crippen molar-refractivity contribution in [2.45, 2.75) is 13.0 Å². The second-order valence-electron chi connectivity index (χ2n) is 3.01. The van der Waals surface area contributed by atoms with Crippen LogP contribution in [0.3, 0.4) is 0 Å². The molecule has 2 nitrogen and oxygen atoms in total. The molecule has 0 radical (unpaired) electrons. The molecular weight excluding hydrogens is 242 g/mol. The quantitative estimate of drug-likeness (QED) is 0.833. The molecule has 1 aromatic carbocycles. The van der Waals surface area contributed by atoms with Crippen molar-refractivity contribution < 1.29 is 4.74 Å². The summed E-state index contributed by atoms with van der Waals surface area (Å²) in [5, 5.41) is 3.29. The standard InChI is InChI=1S/C11H14BrNO/c1-4-8(2)13-11-7-9(14-3)5-6-10(11)12/h4-8,13H,1H2,2-3H3. The van der Waals surface area contributed by atoms with Crippen LogP contribution >= 0.6 is 15.9 Å². The topological polar surface area (TPSA) is 21.3 Å². The molecule has 1 atom stereocenters. The van der Waals surface area contributed by atoms with Gasteiger partial charge in [-0.2, -0.15) is 0 Å². The third kappa shape index (κ3) is 2.77. The van der Waals surface area contributed by atoms with Crippen LogP contribution < -0.4 is 10.1 Å². The molecule has 1 N–H and O–H groups in total. The van der Waals surface area contributed by atoms with Gasteiger partial charge in [-0.1, -0.05) is 6.08 Å². The van der Waals surface area contributed by atoms with Crippen LogP contribution in [0.4, 0.5) is 5.69 Å². The number of anilines is 1.